The number of rotatable bonds is 4. The van der Waals surface area contributed by atoms with Gasteiger partial charge < -0.3 is 15.7 Å². The molecule has 4 N–H and O–H groups in total. The van der Waals surface area contributed by atoms with Gasteiger partial charge in [-0.05, 0) is 43.0 Å². The molecule has 4 heterocycles. The Morgan fingerprint density at radius 3 is 2.96 bits per heavy atom. The number of pyridine rings is 2. The molecule has 1 saturated heterocycles. The van der Waals surface area contributed by atoms with Gasteiger partial charge in [0.2, 0.25) is 0 Å². The molecule has 1 aliphatic rings. The SMILES string of the molecule is CC(C)C[C@@]1(O)CN(c2ccc(F)c(-c3n[nH]c4ncccc34)n2)CC[C@@H]1N. The zero-order valence-electron chi connectivity index (χ0n) is 16.1. The van der Waals surface area contributed by atoms with Crippen LogP contribution < -0.4 is 10.6 Å². The van der Waals surface area contributed by atoms with Gasteiger partial charge in [-0.1, -0.05) is 13.8 Å². The van der Waals surface area contributed by atoms with Crippen molar-refractivity contribution in [3.05, 3.63) is 36.3 Å². The summed E-state index contributed by atoms with van der Waals surface area (Å²) in [7, 11) is 0. The van der Waals surface area contributed by atoms with Crippen molar-refractivity contribution in [2.24, 2.45) is 11.7 Å². The highest BCUT2D eigenvalue weighted by molar-refractivity contribution is 5.89. The second-order valence-electron chi connectivity index (χ2n) is 7.99. The first-order valence-electron chi connectivity index (χ1n) is 9.56. The number of aromatic amines is 1. The van der Waals surface area contributed by atoms with Crippen LogP contribution in [0, 0.1) is 11.7 Å². The van der Waals surface area contributed by atoms with Crippen LogP contribution in [0.2, 0.25) is 0 Å². The third-order valence-corrected chi connectivity index (χ3v) is 5.34. The fraction of sp³-hybridized carbons (Fsp3) is 0.450. The molecule has 8 heteroatoms. The summed E-state index contributed by atoms with van der Waals surface area (Å²) in [5.41, 5.74) is 6.40. The van der Waals surface area contributed by atoms with E-state index >= 15 is 0 Å². The van der Waals surface area contributed by atoms with Crippen molar-refractivity contribution in [1.29, 1.82) is 0 Å². The fourth-order valence-corrected chi connectivity index (χ4v) is 4.02. The standard InChI is InChI=1S/C20H25FN6O/c1-12(2)10-20(28)11-27(9-7-15(20)22)16-6-5-14(21)18(24-16)17-13-4-3-8-23-19(13)26-25-17/h3-6,8,12,15,28H,7,9-11,22H2,1-2H3,(H,23,25,26)/t15-,20+/m0/s1. The number of hydrogen-bond donors (Lipinski definition) is 3. The van der Waals surface area contributed by atoms with Crippen molar-refractivity contribution in [2.45, 2.75) is 38.3 Å². The predicted molar refractivity (Wildman–Crippen MR) is 106 cm³/mol. The zero-order valence-corrected chi connectivity index (χ0v) is 16.1. The van der Waals surface area contributed by atoms with Crippen molar-refractivity contribution in [1.82, 2.24) is 20.2 Å². The molecule has 28 heavy (non-hydrogen) atoms. The van der Waals surface area contributed by atoms with Gasteiger partial charge in [-0.15, -0.1) is 0 Å². The molecule has 7 nitrogen and oxygen atoms in total. The van der Waals surface area contributed by atoms with Gasteiger partial charge in [0.05, 0.1) is 5.60 Å². The summed E-state index contributed by atoms with van der Waals surface area (Å²) in [6.07, 6.45) is 2.90. The van der Waals surface area contributed by atoms with Crippen LogP contribution in [0.4, 0.5) is 10.2 Å². The first-order chi connectivity index (χ1) is 13.4. The maximum absolute atomic E-state index is 14.6. The number of anilines is 1. The Morgan fingerprint density at radius 2 is 2.18 bits per heavy atom. The largest absolute Gasteiger partial charge is 0.386 e. The van der Waals surface area contributed by atoms with E-state index in [-0.39, 0.29) is 11.7 Å². The molecule has 1 aliphatic heterocycles. The fourth-order valence-electron chi connectivity index (χ4n) is 4.02. The van der Waals surface area contributed by atoms with E-state index in [9.17, 15) is 9.50 Å². The minimum Gasteiger partial charge on any atom is -0.386 e. The van der Waals surface area contributed by atoms with Crippen LogP contribution in [0.15, 0.2) is 30.5 Å². The maximum Gasteiger partial charge on any atom is 0.155 e. The molecule has 0 spiro atoms. The quantitative estimate of drug-likeness (QED) is 0.638. The lowest BCUT2D eigenvalue weighted by molar-refractivity contribution is -0.0108. The van der Waals surface area contributed by atoms with Gasteiger partial charge in [0.15, 0.2) is 11.5 Å². The van der Waals surface area contributed by atoms with Crippen molar-refractivity contribution in [3.8, 4) is 11.4 Å². The van der Waals surface area contributed by atoms with Gasteiger partial charge in [-0.2, -0.15) is 5.10 Å². The molecule has 0 aliphatic carbocycles. The van der Waals surface area contributed by atoms with E-state index < -0.39 is 11.4 Å². The Hall–Kier alpha value is -2.58. The molecule has 0 aromatic carbocycles. The number of aromatic nitrogens is 4. The first-order valence-corrected chi connectivity index (χ1v) is 9.56. The number of nitrogens with zero attached hydrogens (tertiary/aromatic N) is 4. The Labute approximate surface area is 162 Å². The second kappa shape index (κ2) is 7.10. The maximum atomic E-state index is 14.6. The predicted octanol–water partition coefficient (Wildman–Crippen LogP) is 2.47. The van der Waals surface area contributed by atoms with Gasteiger partial charge in [0.25, 0.3) is 0 Å². The van der Waals surface area contributed by atoms with E-state index in [1.165, 1.54) is 6.07 Å². The highest BCUT2D eigenvalue weighted by Crippen LogP contribution is 2.32. The lowest BCUT2D eigenvalue weighted by Crippen LogP contribution is -2.61. The topological polar surface area (TPSA) is 104 Å². The molecule has 148 valence electrons. The third kappa shape index (κ3) is 3.33. The van der Waals surface area contributed by atoms with Crippen molar-refractivity contribution in [3.63, 3.8) is 0 Å². The van der Waals surface area contributed by atoms with Crippen LogP contribution >= 0.6 is 0 Å². The molecular formula is C20H25FN6O. The van der Waals surface area contributed by atoms with E-state index in [2.05, 4.69) is 34.0 Å². The number of nitrogens with two attached hydrogens (primary N) is 1. The lowest BCUT2D eigenvalue weighted by atomic mass is 9.81. The van der Waals surface area contributed by atoms with Crippen molar-refractivity contribution >= 4 is 16.9 Å². The summed E-state index contributed by atoms with van der Waals surface area (Å²) >= 11 is 0. The number of aliphatic hydroxyl groups is 1. The molecule has 0 unspecified atom stereocenters. The number of β-amino-alcohol motifs (C(OH)–C–C–N with tert-alkyl or cyclic N) is 1. The Balaban J connectivity index is 1.69. The molecule has 1 fully saturated rings. The van der Waals surface area contributed by atoms with Crippen LogP contribution in [-0.2, 0) is 0 Å². The van der Waals surface area contributed by atoms with Gasteiger partial charge in [0, 0.05) is 30.7 Å². The first kappa shape index (κ1) is 18.8. The number of fused-ring (bicyclic) bond motifs is 1. The molecule has 0 bridgehead atoms. The van der Waals surface area contributed by atoms with E-state index in [0.29, 0.717) is 54.4 Å². The summed E-state index contributed by atoms with van der Waals surface area (Å²) in [4.78, 5) is 10.7. The van der Waals surface area contributed by atoms with Crippen molar-refractivity contribution in [2.75, 3.05) is 18.0 Å². The summed E-state index contributed by atoms with van der Waals surface area (Å²) in [5.74, 6) is 0.466. The summed E-state index contributed by atoms with van der Waals surface area (Å²) in [5, 5.41) is 18.8. The number of piperidine rings is 1. The molecule has 2 atom stereocenters. The summed E-state index contributed by atoms with van der Waals surface area (Å²) in [6, 6.07) is 6.35. The van der Waals surface area contributed by atoms with Crippen LogP contribution in [0.3, 0.4) is 0 Å². The van der Waals surface area contributed by atoms with E-state index in [4.69, 9.17) is 5.73 Å². The molecule has 4 rings (SSSR count). The highest BCUT2D eigenvalue weighted by Gasteiger charge is 2.40. The minimum atomic E-state index is -0.994. The number of halogens is 1. The summed E-state index contributed by atoms with van der Waals surface area (Å²) in [6.45, 7) is 5.15. The van der Waals surface area contributed by atoms with Gasteiger partial charge in [-0.3, -0.25) is 5.10 Å². The number of H-pyrrole nitrogens is 1. The minimum absolute atomic E-state index is 0.166. The highest BCUT2D eigenvalue weighted by atomic mass is 19.1. The second-order valence-corrected chi connectivity index (χ2v) is 7.99. The van der Waals surface area contributed by atoms with Crippen LogP contribution in [0.5, 0.6) is 0 Å². The average molecular weight is 384 g/mol. The smallest absolute Gasteiger partial charge is 0.155 e. The van der Waals surface area contributed by atoms with Gasteiger partial charge >= 0.3 is 0 Å². The van der Waals surface area contributed by atoms with Crippen molar-refractivity contribution < 1.29 is 9.50 Å². The Kier molecular flexibility index (Phi) is 4.76. The Morgan fingerprint density at radius 1 is 1.36 bits per heavy atom. The average Bonchev–Trinajstić information content (AvgIpc) is 3.08. The van der Waals surface area contributed by atoms with Crippen LogP contribution in [0.25, 0.3) is 22.4 Å². The molecule has 0 radical (unpaired) electrons. The molecule has 0 saturated carbocycles. The third-order valence-electron chi connectivity index (χ3n) is 5.34. The van der Waals surface area contributed by atoms with Crippen LogP contribution in [0.1, 0.15) is 26.7 Å². The monoisotopic (exact) mass is 384 g/mol. The normalized spacial score (nSPS) is 22.9. The lowest BCUT2D eigenvalue weighted by Gasteiger charge is -2.44. The summed E-state index contributed by atoms with van der Waals surface area (Å²) < 4.78 is 14.6. The molecule has 0 amide bonds. The molecule has 3 aromatic rings. The van der Waals surface area contributed by atoms with Gasteiger partial charge in [-0.25, -0.2) is 14.4 Å². The molecular weight excluding hydrogens is 359 g/mol. The zero-order chi connectivity index (χ0) is 19.9. The van der Waals surface area contributed by atoms with E-state index in [1.807, 2.05) is 11.0 Å². The van der Waals surface area contributed by atoms with E-state index in [1.54, 1.807) is 18.3 Å². The molecule has 3 aromatic heterocycles. The Bertz CT molecular complexity index is 990. The van der Waals surface area contributed by atoms with E-state index in [0.717, 1.165) is 0 Å². The van der Waals surface area contributed by atoms with Gasteiger partial charge in [0.1, 0.15) is 17.2 Å². The number of hydrogen-bond acceptors (Lipinski definition) is 6. The van der Waals surface area contributed by atoms with Crippen LogP contribution in [-0.4, -0.2) is 50.0 Å². The number of nitrogens with one attached hydrogen (secondary N) is 1.